The molecule has 0 heterocycles. The Labute approximate surface area is 154 Å². The molecule has 0 saturated carbocycles. The predicted molar refractivity (Wildman–Crippen MR) is 102 cm³/mol. The minimum Gasteiger partial charge on any atom is -0.489 e. The normalized spacial score (nSPS) is 10.8. The lowest BCUT2D eigenvalue weighted by molar-refractivity contribution is 0.302. The van der Waals surface area contributed by atoms with E-state index in [2.05, 4.69) is 23.6 Å². The summed E-state index contributed by atoms with van der Waals surface area (Å²) < 4.78 is 5.96. The fourth-order valence-corrected chi connectivity index (χ4v) is 2.79. The van der Waals surface area contributed by atoms with Gasteiger partial charge in [0.05, 0.1) is 0 Å². The number of ether oxygens (including phenoxy) is 1. The van der Waals surface area contributed by atoms with Gasteiger partial charge in [-0.2, -0.15) is 0 Å². The Morgan fingerprint density at radius 1 is 0.958 bits per heavy atom. The summed E-state index contributed by atoms with van der Waals surface area (Å²) in [6.07, 6.45) is 1.11. The van der Waals surface area contributed by atoms with Crippen LogP contribution in [0, 0.1) is 0 Å². The summed E-state index contributed by atoms with van der Waals surface area (Å²) in [5, 5.41) is 8.03. The number of hydrogen-bond donors (Lipinski definition) is 2. The molecule has 2 N–H and O–H groups in total. The van der Waals surface area contributed by atoms with Crippen molar-refractivity contribution in [3.8, 4) is 5.75 Å². The minimum atomic E-state index is 0.424. The average Bonchev–Trinajstić information content (AvgIpc) is 2.58. The molecule has 130 valence electrons. The van der Waals surface area contributed by atoms with Gasteiger partial charge >= 0.3 is 0 Å². The molecule has 0 unspecified atom stereocenters. The van der Waals surface area contributed by atoms with Crippen LogP contribution in [0.15, 0.2) is 42.5 Å². The van der Waals surface area contributed by atoms with E-state index in [0.717, 1.165) is 49.5 Å². The number of benzene rings is 2. The highest BCUT2D eigenvalue weighted by Gasteiger charge is 2.06. The Bertz CT molecular complexity index is 635. The van der Waals surface area contributed by atoms with Gasteiger partial charge in [-0.3, -0.25) is 0 Å². The van der Waals surface area contributed by atoms with Crippen LogP contribution in [0.5, 0.6) is 5.75 Å². The van der Waals surface area contributed by atoms with Crippen molar-refractivity contribution in [1.29, 1.82) is 0 Å². The Balaban J connectivity index is 1.86. The third kappa shape index (κ3) is 6.33. The zero-order valence-electron chi connectivity index (χ0n) is 13.9. The van der Waals surface area contributed by atoms with E-state index < -0.39 is 0 Å². The van der Waals surface area contributed by atoms with Gasteiger partial charge in [0.2, 0.25) is 0 Å². The molecular weight excluding hydrogens is 343 g/mol. The first kappa shape index (κ1) is 19.1. The lowest BCUT2D eigenvalue weighted by Crippen LogP contribution is -2.21. The fourth-order valence-electron chi connectivity index (χ4n) is 2.32. The Morgan fingerprint density at radius 3 is 2.54 bits per heavy atom. The number of para-hydroxylation sites is 1. The maximum Gasteiger partial charge on any atom is 0.124 e. The van der Waals surface area contributed by atoms with E-state index in [-0.39, 0.29) is 0 Å². The largest absolute Gasteiger partial charge is 0.489 e. The summed E-state index contributed by atoms with van der Waals surface area (Å²) >= 11 is 12.1. The molecule has 0 atom stereocenters. The van der Waals surface area contributed by atoms with Crippen molar-refractivity contribution in [3.63, 3.8) is 0 Å². The Hall–Kier alpha value is -1.26. The van der Waals surface area contributed by atoms with Crippen molar-refractivity contribution in [2.45, 2.75) is 26.5 Å². The van der Waals surface area contributed by atoms with Crippen LogP contribution in [0.3, 0.4) is 0 Å². The molecule has 0 aliphatic carbocycles. The Morgan fingerprint density at radius 2 is 1.75 bits per heavy atom. The zero-order chi connectivity index (χ0) is 17.2. The van der Waals surface area contributed by atoms with Crippen LogP contribution >= 0.6 is 23.2 Å². The van der Waals surface area contributed by atoms with Crippen LogP contribution in [0.25, 0.3) is 0 Å². The predicted octanol–water partition coefficient (Wildman–Crippen LogP) is 4.66. The van der Waals surface area contributed by atoms with Crippen LogP contribution < -0.4 is 15.4 Å². The molecule has 2 aromatic carbocycles. The van der Waals surface area contributed by atoms with E-state index in [1.54, 1.807) is 6.07 Å². The van der Waals surface area contributed by atoms with Crippen molar-refractivity contribution in [2.24, 2.45) is 0 Å². The van der Waals surface area contributed by atoms with Gasteiger partial charge in [-0.1, -0.05) is 54.4 Å². The summed E-state index contributed by atoms with van der Waals surface area (Å²) in [4.78, 5) is 0. The molecule has 0 fully saturated rings. The number of halogens is 2. The summed E-state index contributed by atoms with van der Waals surface area (Å²) in [5.74, 6) is 0.877. The number of rotatable bonds is 10. The van der Waals surface area contributed by atoms with Crippen LogP contribution in [0.2, 0.25) is 10.0 Å². The molecular formula is C19H24Cl2N2O. The highest BCUT2D eigenvalue weighted by Crippen LogP contribution is 2.24. The molecule has 24 heavy (non-hydrogen) atoms. The van der Waals surface area contributed by atoms with E-state index in [4.69, 9.17) is 27.9 Å². The molecule has 3 nitrogen and oxygen atoms in total. The van der Waals surface area contributed by atoms with E-state index in [9.17, 15) is 0 Å². The molecule has 2 rings (SSSR count). The lowest BCUT2D eigenvalue weighted by atomic mass is 10.2. The van der Waals surface area contributed by atoms with Gasteiger partial charge in [-0.25, -0.2) is 0 Å². The molecule has 0 saturated heterocycles. The molecule has 0 radical (unpaired) electrons. The second kappa shape index (κ2) is 10.6. The lowest BCUT2D eigenvalue weighted by Gasteiger charge is -2.13. The smallest absolute Gasteiger partial charge is 0.124 e. The second-order valence-corrected chi connectivity index (χ2v) is 6.36. The fraction of sp³-hybridized carbons (Fsp3) is 0.368. The van der Waals surface area contributed by atoms with Crippen LogP contribution in [0.4, 0.5) is 0 Å². The first-order valence-corrected chi connectivity index (χ1v) is 9.02. The van der Waals surface area contributed by atoms with E-state index in [1.807, 2.05) is 30.3 Å². The standard InChI is InChI=1S/C19H24Cl2N2O/c1-2-22-10-5-11-23-13-15-6-3-4-7-19(15)24-14-16-8-9-17(20)12-18(16)21/h3-4,6-9,12,22-23H,2,5,10-11,13-14H2,1H3. The molecule has 5 heteroatoms. The quantitative estimate of drug-likeness (QED) is 0.599. The van der Waals surface area contributed by atoms with Gasteiger partial charge in [0.25, 0.3) is 0 Å². The van der Waals surface area contributed by atoms with Gasteiger partial charge in [-0.15, -0.1) is 0 Å². The molecule has 0 aliphatic rings. The van der Waals surface area contributed by atoms with Gasteiger partial charge in [0, 0.05) is 27.7 Å². The second-order valence-electron chi connectivity index (χ2n) is 5.52. The summed E-state index contributed by atoms with van der Waals surface area (Å²) in [5.41, 5.74) is 2.07. The molecule has 0 amide bonds. The SMILES string of the molecule is CCNCCCNCc1ccccc1OCc1ccc(Cl)cc1Cl. The minimum absolute atomic E-state index is 0.424. The molecule has 0 bridgehead atoms. The van der Waals surface area contributed by atoms with Gasteiger partial charge in [-0.05, 0) is 44.3 Å². The zero-order valence-corrected chi connectivity index (χ0v) is 15.5. The molecule has 0 spiro atoms. The van der Waals surface area contributed by atoms with Crippen molar-refractivity contribution in [2.75, 3.05) is 19.6 Å². The first-order chi connectivity index (χ1) is 11.7. The molecule has 0 aliphatic heterocycles. The van der Waals surface area contributed by atoms with E-state index >= 15 is 0 Å². The van der Waals surface area contributed by atoms with Crippen LogP contribution in [-0.4, -0.2) is 19.6 Å². The number of nitrogens with one attached hydrogen (secondary N) is 2. The van der Waals surface area contributed by atoms with E-state index in [0.29, 0.717) is 16.7 Å². The van der Waals surface area contributed by atoms with Crippen LogP contribution in [-0.2, 0) is 13.2 Å². The molecule has 2 aromatic rings. The van der Waals surface area contributed by atoms with Crippen LogP contribution in [0.1, 0.15) is 24.5 Å². The summed E-state index contributed by atoms with van der Waals surface area (Å²) in [6.45, 7) is 6.36. The van der Waals surface area contributed by atoms with Gasteiger partial charge in [0.15, 0.2) is 0 Å². The summed E-state index contributed by atoms with van der Waals surface area (Å²) in [6, 6.07) is 13.5. The summed E-state index contributed by atoms with van der Waals surface area (Å²) in [7, 11) is 0. The maximum absolute atomic E-state index is 6.20. The topological polar surface area (TPSA) is 33.3 Å². The van der Waals surface area contributed by atoms with Gasteiger partial charge in [0.1, 0.15) is 12.4 Å². The van der Waals surface area contributed by atoms with E-state index in [1.165, 1.54) is 0 Å². The van der Waals surface area contributed by atoms with Crippen molar-refractivity contribution >= 4 is 23.2 Å². The highest BCUT2D eigenvalue weighted by atomic mass is 35.5. The Kier molecular flexibility index (Phi) is 8.40. The highest BCUT2D eigenvalue weighted by molar-refractivity contribution is 6.35. The molecule has 0 aromatic heterocycles. The monoisotopic (exact) mass is 366 g/mol. The van der Waals surface area contributed by atoms with Gasteiger partial charge < -0.3 is 15.4 Å². The first-order valence-electron chi connectivity index (χ1n) is 8.26. The van der Waals surface area contributed by atoms with Crippen molar-refractivity contribution in [3.05, 3.63) is 63.6 Å². The average molecular weight is 367 g/mol. The third-order valence-corrected chi connectivity index (χ3v) is 4.23. The number of hydrogen-bond acceptors (Lipinski definition) is 3. The third-order valence-electron chi connectivity index (χ3n) is 3.64. The maximum atomic E-state index is 6.20. The van der Waals surface area contributed by atoms with Crippen molar-refractivity contribution < 1.29 is 4.74 Å². The van der Waals surface area contributed by atoms with Crippen molar-refractivity contribution in [1.82, 2.24) is 10.6 Å².